The lowest BCUT2D eigenvalue weighted by Crippen LogP contribution is -2.02. The lowest BCUT2D eigenvalue weighted by molar-refractivity contribution is -0.118. The zero-order valence-corrected chi connectivity index (χ0v) is 9.53. The van der Waals surface area contributed by atoms with Crippen LogP contribution in [-0.2, 0) is 11.2 Å². The first-order valence-electron chi connectivity index (χ1n) is 4.08. The van der Waals surface area contributed by atoms with E-state index in [9.17, 15) is 4.79 Å². The van der Waals surface area contributed by atoms with Gasteiger partial charge in [0, 0.05) is 28.8 Å². The van der Waals surface area contributed by atoms with Gasteiger partial charge in [-0.2, -0.15) is 0 Å². The molecule has 0 bridgehead atoms. The van der Waals surface area contributed by atoms with Gasteiger partial charge in [-0.05, 0) is 33.8 Å². The minimum atomic E-state index is 0.0946. The van der Waals surface area contributed by atoms with Gasteiger partial charge >= 0.3 is 0 Å². The van der Waals surface area contributed by atoms with E-state index in [0.29, 0.717) is 19.3 Å². The van der Waals surface area contributed by atoms with Gasteiger partial charge in [-0.15, -0.1) is 11.3 Å². The molecule has 1 rings (SSSR count). The number of rotatable bonds is 5. The van der Waals surface area contributed by atoms with Gasteiger partial charge in [-0.25, -0.2) is 0 Å². The normalized spacial score (nSPS) is 10.3. The SMILES string of the molecule is O=C(CCCO)Cc1sccc1Br. The van der Waals surface area contributed by atoms with Crippen LogP contribution in [0, 0.1) is 0 Å². The first-order valence-corrected chi connectivity index (χ1v) is 5.75. The maximum atomic E-state index is 11.3. The minimum absolute atomic E-state index is 0.0946. The topological polar surface area (TPSA) is 37.3 Å². The molecule has 72 valence electrons. The van der Waals surface area contributed by atoms with Gasteiger partial charge in [0.05, 0.1) is 0 Å². The predicted molar refractivity (Wildman–Crippen MR) is 57.0 cm³/mol. The standard InChI is InChI=1S/C9H11BrO2S/c10-8-3-5-13-9(8)6-7(12)2-1-4-11/h3,5,11H,1-2,4,6H2. The van der Waals surface area contributed by atoms with Gasteiger partial charge in [0.25, 0.3) is 0 Å². The Bertz CT molecular complexity index is 283. The molecule has 1 aromatic rings. The number of hydrogen-bond donors (Lipinski definition) is 1. The van der Waals surface area contributed by atoms with Crippen molar-refractivity contribution in [3.8, 4) is 0 Å². The Labute approximate surface area is 89.7 Å². The van der Waals surface area contributed by atoms with Gasteiger partial charge in [-0.3, -0.25) is 4.79 Å². The third kappa shape index (κ3) is 3.58. The zero-order valence-electron chi connectivity index (χ0n) is 7.12. The number of carbonyl (C=O) groups is 1. The molecule has 0 saturated heterocycles. The minimum Gasteiger partial charge on any atom is -0.396 e. The van der Waals surface area contributed by atoms with Crippen LogP contribution in [0.2, 0.25) is 0 Å². The molecule has 0 aliphatic carbocycles. The lowest BCUT2D eigenvalue weighted by Gasteiger charge is -1.97. The van der Waals surface area contributed by atoms with Crippen LogP contribution in [0.1, 0.15) is 17.7 Å². The largest absolute Gasteiger partial charge is 0.396 e. The average molecular weight is 263 g/mol. The molecule has 1 N–H and O–H groups in total. The average Bonchev–Trinajstić information content (AvgIpc) is 2.48. The maximum Gasteiger partial charge on any atom is 0.138 e. The van der Waals surface area contributed by atoms with E-state index in [-0.39, 0.29) is 12.4 Å². The molecular weight excluding hydrogens is 252 g/mol. The Morgan fingerprint density at radius 1 is 1.62 bits per heavy atom. The number of carbonyl (C=O) groups excluding carboxylic acids is 1. The van der Waals surface area contributed by atoms with E-state index in [1.165, 1.54) is 0 Å². The van der Waals surface area contributed by atoms with Crippen LogP contribution in [0.3, 0.4) is 0 Å². The van der Waals surface area contributed by atoms with E-state index in [2.05, 4.69) is 15.9 Å². The van der Waals surface area contributed by atoms with E-state index in [1.807, 2.05) is 11.4 Å². The van der Waals surface area contributed by atoms with Crippen LogP contribution >= 0.6 is 27.3 Å². The lowest BCUT2D eigenvalue weighted by atomic mass is 10.1. The van der Waals surface area contributed by atoms with Crippen molar-refractivity contribution < 1.29 is 9.90 Å². The number of thiophene rings is 1. The van der Waals surface area contributed by atoms with Crippen molar-refractivity contribution >= 4 is 33.0 Å². The molecule has 13 heavy (non-hydrogen) atoms. The van der Waals surface area contributed by atoms with Crippen molar-refractivity contribution in [2.45, 2.75) is 19.3 Å². The highest BCUT2D eigenvalue weighted by molar-refractivity contribution is 9.10. The smallest absolute Gasteiger partial charge is 0.138 e. The predicted octanol–water partition coefficient (Wildman–Crippen LogP) is 2.39. The summed E-state index contributed by atoms with van der Waals surface area (Å²) >= 11 is 4.95. The van der Waals surface area contributed by atoms with E-state index in [1.54, 1.807) is 11.3 Å². The third-order valence-corrected chi connectivity index (χ3v) is 3.59. The molecule has 0 radical (unpaired) electrons. The Morgan fingerprint density at radius 3 is 2.92 bits per heavy atom. The van der Waals surface area contributed by atoms with Crippen LogP contribution < -0.4 is 0 Å². The van der Waals surface area contributed by atoms with Gasteiger partial charge in [0.1, 0.15) is 5.78 Å². The number of aliphatic hydroxyl groups excluding tert-OH is 1. The molecule has 0 spiro atoms. The summed E-state index contributed by atoms with van der Waals surface area (Å²) in [6.45, 7) is 0.0946. The summed E-state index contributed by atoms with van der Waals surface area (Å²) in [6, 6.07) is 1.94. The number of ketones is 1. The monoisotopic (exact) mass is 262 g/mol. The third-order valence-electron chi connectivity index (χ3n) is 1.66. The van der Waals surface area contributed by atoms with Crippen LogP contribution in [0.25, 0.3) is 0 Å². The molecule has 0 atom stereocenters. The first kappa shape index (κ1) is 10.9. The van der Waals surface area contributed by atoms with E-state index < -0.39 is 0 Å². The summed E-state index contributed by atoms with van der Waals surface area (Å²) in [5.41, 5.74) is 0. The molecule has 0 aliphatic heterocycles. The summed E-state index contributed by atoms with van der Waals surface area (Å²) in [6.07, 6.45) is 1.53. The second-order valence-corrected chi connectivity index (χ2v) is 4.59. The molecule has 0 fully saturated rings. The number of hydrogen-bond acceptors (Lipinski definition) is 3. The van der Waals surface area contributed by atoms with Crippen molar-refractivity contribution in [1.82, 2.24) is 0 Å². The van der Waals surface area contributed by atoms with Crippen LogP contribution in [0.5, 0.6) is 0 Å². The summed E-state index contributed by atoms with van der Waals surface area (Å²) in [5.74, 6) is 0.192. The fourth-order valence-corrected chi connectivity index (χ4v) is 2.52. The molecule has 0 unspecified atom stereocenters. The molecule has 4 heteroatoms. The summed E-state index contributed by atoms with van der Waals surface area (Å²) in [7, 11) is 0. The van der Waals surface area contributed by atoms with Crippen LogP contribution in [0.4, 0.5) is 0 Å². The Kier molecular flexibility index (Phi) is 4.62. The van der Waals surface area contributed by atoms with Gasteiger partial charge in [0.2, 0.25) is 0 Å². The molecule has 1 aromatic heterocycles. The summed E-state index contributed by atoms with van der Waals surface area (Å²) in [4.78, 5) is 12.4. The fourth-order valence-electron chi connectivity index (χ4n) is 0.995. The zero-order chi connectivity index (χ0) is 9.68. The van der Waals surface area contributed by atoms with Crippen molar-refractivity contribution in [2.75, 3.05) is 6.61 Å². The quantitative estimate of drug-likeness (QED) is 0.885. The summed E-state index contributed by atoms with van der Waals surface area (Å²) < 4.78 is 1.01. The Hall–Kier alpha value is -0.190. The number of halogens is 1. The molecule has 0 amide bonds. The molecule has 0 aromatic carbocycles. The molecular formula is C9H11BrO2S. The van der Waals surface area contributed by atoms with Crippen LogP contribution in [0.15, 0.2) is 15.9 Å². The Balaban J connectivity index is 2.41. The maximum absolute atomic E-state index is 11.3. The van der Waals surface area contributed by atoms with Crippen LogP contribution in [-0.4, -0.2) is 17.5 Å². The second-order valence-electron chi connectivity index (χ2n) is 2.73. The van der Waals surface area contributed by atoms with Gasteiger partial charge in [0.15, 0.2) is 0 Å². The van der Waals surface area contributed by atoms with Gasteiger partial charge < -0.3 is 5.11 Å². The highest BCUT2D eigenvalue weighted by atomic mass is 79.9. The number of aliphatic hydroxyl groups is 1. The van der Waals surface area contributed by atoms with E-state index >= 15 is 0 Å². The molecule has 0 saturated carbocycles. The van der Waals surface area contributed by atoms with E-state index in [0.717, 1.165) is 9.35 Å². The van der Waals surface area contributed by atoms with Crippen molar-refractivity contribution in [3.63, 3.8) is 0 Å². The summed E-state index contributed by atoms with van der Waals surface area (Å²) in [5, 5.41) is 10.5. The number of Topliss-reactive ketones (excluding diaryl/α,β-unsaturated/α-hetero) is 1. The highest BCUT2D eigenvalue weighted by Crippen LogP contribution is 2.23. The molecule has 2 nitrogen and oxygen atoms in total. The van der Waals surface area contributed by atoms with Crippen molar-refractivity contribution in [1.29, 1.82) is 0 Å². The second kappa shape index (κ2) is 5.52. The Morgan fingerprint density at radius 2 is 2.38 bits per heavy atom. The fraction of sp³-hybridized carbons (Fsp3) is 0.444. The highest BCUT2D eigenvalue weighted by Gasteiger charge is 2.07. The molecule has 0 aliphatic rings. The van der Waals surface area contributed by atoms with Gasteiger partial charge in [-0.1, -0.05) is 0 Å². The van der Waals surface area contributed by atoms with Crippen molar-refractivity contribution in [3.05, 3.63) is 20.8 Å². The molecule has 1 heterocycles. The van der Waals surface area contributed by atoms with Crippen molar-refractivity contribution in [2.24, 2.45) is 0 Å². The van der Waals surface area contributed by atoms with E-state index in [4.69, 9.17) is 5.11 Å². The first-order chi connectivity index (χ1) is 6.24.